The Kier molecular flexibility index (Phi) is 5.49. The summed E-state index contributed by atoms with van der Waals surface area (Å²) in [7, 11) is 0. The van der Waals surface area contributed by atoms with Gasteiger partial charge in [-0.25, -0.2) is 0 Å². The first kappa shape index (κ1) is 12.0. The second-order valence-corrected chi connectivity index (χ2v) is 4.50. The van der Waals surface area contributed by atoms with E-state index in [0.717, 1.165) is 38.4 Å². The summed E-state index contributed by atoms with van der Waals surface area (Å²) in [5.74, 6) is 0.835. The maximum Gasteiger partial charge on any atom is 0.0555 e. The number of hydrogen-bond acceptors (Lipinski definition) is 2. The van der Waals surface area contributed by atoms with Crippen molar-refractivity contribution in [1.82, 2.24) is 4.90 Å². The summed E-state index contributed by atoms with van der Waals surface area (Å²) in [5.41, 5.74) is 0. The number of hydrogen-bond donors (Lipinski definition) is 1. The molecule has 1 rings (SSSR count). The zero-order valence-corrected chi connectivity index (χ0v) is 9.71. The standard InChI is InChI=1S/C12H25NO/c1-3-13(4-2)9-8-12(14)10-11-6-5-7-11/h11-12,14H,3-10H2,1-2H3. The molecule has 0 heterocycles. The van der Waals surface area contributed by atoms with Crippen molar-refractivity contribution in [1.29, 1.82) is 0 Å². The molecule has 1 unspecified atom stereocenters. The first-order valence-corrected chi connectivity index (χ1v) is 6.16. The Morgan fingerprint density at radius 1 is 1.29 bits per heavy atom. The molecule has 1 saturated carbocycles. The van der Waals surface area contributed by atoms with Gasteiger partial charge in [0.2, 0.25) is 0 Å². The van der Waals surface area contributed by atoms with Crippen LogP contribution in [0.2, 0.25) is 0 Å². The van der Waals surface area contributed by atoms with E-state index < -0.39 is 0 Å². The fraction of sp³-hybridized carbons (Fsp3) is 1.00. The predicted octanol–water partition coefficient (Wildman–Crippen LogP) is 2.27. The highest BCUT2D eigenvalue weighted by Gasteiger charge is 2.20. The SMILES string of the molecule is CCN(CC)CCC(O)CC1CCC1. The van der Waals surface area contributed by atoms with Crippen LogP contribution >= 0.6 is 0 Å². The predicted molar refractivity (Wildman–Crippen MR) is 60.4 cm³/mol. The van der Waals surface area contributed by atoms with Gasteiger partial charge in [0.25, 0.3) is 0 Å². The summed E-state index contributed by atoms with van der Waals surface area (Å²) in [4.78, 5) is 2.38. The van der Waals surface area contributed by atoms with Crippen LogP contribution in [0.25, 0.3) is 0 Å². The van der Waals surface area contributed by atoms with Crippen LogP contribution in [0.5, 0.6) is 0 Å². The van der Waals surface area contributed by atoms with Gasteiger partial charge in [0.1, 0.15) is 0 Å². The molecule has 0 aromatic heterocycles. The Morgan fingerprint density at radius 2 is 1.93 bits per heavy atom. The number of rotatable bonds is 7. The lowest BCUT2D eigenvalue weighted by Crippen LogP contribution is -2.28. The second-order valence-electron chi connectivity index (χ2n) is 4.50. The zero-order valence-electron chi connectivity index (χ0n) is 9.71. The fourth-order valence-corrected chi connectivity index (χ4v) is 2.10. The first-order valence-electron chi connectivity index (χ1n) is 6.16. The lowest BCUT2D eigenvalue weighted by atomic mass is 9.81. The Morgan fingerprint density at radius 3 is 2.36 bits per heavy atom. The van der Waals surface area contributed by atoms with E-state index in [1.165, 1.54) is 19.3 Å². The Labute approximate surface area is 88.3 Å². The quantitative estimate of drug-likeness (QED) is 0.680. The van der Waals surface area contributed by atoms with Gasteiger partial charge < -0.3 is 10.0 Å². The Hall–Kier alpha value is -0.0800. The van der Waals surface area contributed by atoms with Crippen LogP contribution in [0.3, 0.4) is 0 Å². The highest BCUT2D eigenvalue weighted by Crippen LogP contribution is 2.30. The molecule has 0 spiro atoms. The lowest BCUT2D eigenvalue weighted by Gasteiger charge is -2.28. The van der Waals surface area contributed by atoms with Gasteiger partial charge in [-0.3, -0.25) is 0 Å². The topological polar surface area (TPSA) is 23.5 Å². The molecular weight excluding hydrogens is 174 g/mol. The normalized spacial score (nSPS) is 19.7. The number of aliphatic hydroxyl groups excluding tert-OH is 1. The van der Waals surface area contributed by atoms with E-state index in [2.05, 4.69) is 18.7 Å². The molecule has 1 N–H and O–H groups in total. The van der Waals surface area contributed by atoms with Gasteiger partial charge in [0.05, 0.1) is 6.10 Å². The molecule has 1 aliphatic rings. The van der Waals surface area contributed by atoms with E-state index in [-0.39, 0.29) is 6.10 Å². The third kappa shape index (κ3) is 3.97. The summed E-state index contributed by atoms with van der Waals surface area (Å²) >= 11 is 0. The fourth-order valence-electron chi connectivity index (χ4n) is 2.10. The first-order chi connectivity index (χ1) is 6.76. The van der Waals surface area contributed by atoms with Gasteiger partial charge in [0, 0.05) is 6.54 Å². The van der Waals surface area contributed by atoms with Gasteiger partial charge >= 0.3 is 0 Å². The van der Waals surface area contributed by atoms with Gasteiger partial charge in [-0.1, -0.05) is 33.1 Å². The van der Waals surface area contributed by atoms with E-state index in [1.54, 1.807) is 0 Å². The van der Waals surface area contributed by atoms with Crippen LogP contribution in [0.4, 0.5) is 0 Å². The Balaban J connectivity index is 2.03. The van der Waals surface area contributed by atoms with Crippen LogP contribution in [0.15, 0.2) is 0 Å². The molecule has 84 valence electrons. The van der Waals surface area contributed by atoms with Crippen molar-refractivity contribution in [2.75, 3.05) is 19.6 Å². The van der Waals surface area contributed by atoms with E-state index in [0.29, 0.717) is 0 Å². The minimum Gasteiger partial charge on any atom is -0.393 e. The van der Waals surface area contributed by atoms with Crippen molar-refractivity contribution >= 4 is 0 Å². The molecule has 0 radical (unpaired) electrons. The minimum atomic E-state index is -0.0547. The monoisotopic (exact) mass is 199 g/mol. The summed E-state index contributed by atoms with van der Waals surface area (Å²) in [6.45, 7) is 7.63. The van der Waals surface area contributed by atoms with E-state index in [4.69, 9.17) is 0 Å². The molecule has 2 heteroatoms. The van der Waals surface area contributed by atoms with Crippen molar-refractivity contribution < 1.29 is 5.11 Å². The van der Waals surface area contributed by atoms with Crippen LogP contribution in [-0.4, -0.2) is 35.7 Å². The van der Waals surface area contributed by atoms with Gasteiger partial charge in [0.15, 0.2) is 0 Å². The molecule has 2 nitrogen and oxygen atoms in total. The third-order valence-electron chi connectivity index (χ3n) is 3.50. The highest BCUT2D eigenvalue weighted by molar-refractivity contribution is 4.73. The number of aliphatic hydroxyl groups is 1. The highest BCUT2D eigenvalue weighted by atomic mass is 16.3. The van der Waals surface area contributed by atoms with Crippen LogP contribution < -0.4 is 0 Å². The average molecular weight is 199 g/mol. The summed E-state index contributed by atoms with van der Waals surface area (Å²) in [6, 6.07) is 0. The lowest BCUT2D eigenvalue weighted by molar-refractivity contribution is 0.0979. The third-order valence-corrected chi connectivity index (χ3v) is 3.50. The van der Waals surface area contributed by atoms with E-state index >= 15 is 0 Å². The minimum absolute atomic E-state index is 0.0547. The van der Waals surface area contributed by atoms with Crippen molar-refractivity contribution in [2.24, 2.45) is 5.92 Å². The second kappa shape index (κ2) is 6.41. The molecule has 0 aliphatic heterocycles. The average Bonchev–Trinajstić information content (AvgIpc) is 2.13. The van der Waals surface area contributed by atoms with Crippen LogP contribution in [0, 0.1) is 5.92 Å². The number of nitrogens with zero attached hydrogens (tertiary/aromatic N) is 1. The maximum absolute atomic E-state index is 9.80. The molecule has 14 heavy (non-hydrogen) atoms. The van der Waals surface area contributed by atoms with Crippen LogP contribution in [-0.2, 0) is 0 Å². The summed E-state index contributed by atoms with van der Waals surface area (Å²) in [6.07, 6.45) is 6.03. The zero-order chi connectivity index (χ0) is 10.4. The van der Waals surface area contributed by atoms with Gasteiger partial charge in [-0.15, -0.1) is 0 Å². The molecule has 0 bridgehead atoms. The van der Waals surface area contributed by atoms with Gasteiger partial charge in [-0.2, -0.15) is 0 Å². The summed E-state index contributed by atoms with van der Waals surface area (Å²) < 4.78 is 0. The molecule has 0 amide bonds. The molecular formula is C12H25NO. The molecule has 0 saturated heterocycles. The van der Waals surface area contributed by atoms with Crippen molar-refractivity contribution in [3.05, 3.63) is 0 Å². The molecule has 1 atom stereocenters. The van der Waals surface area contributed by atoms with Crippen LogP contribution in [0.1, 0.15) is 46.0 Å². The molecule has 1 fully saturated rings. The molecule has 0 aromatic carbocycles. The van der Waals surface area contributed by atoms with Crippen molar-refractivity contribution in [3.63, 3.8) is 0 Å². The molecule has 0 aromatic rings. The van der Waals surface area contributed by atoms with Crippen molar-refractivity contribution in [2.45, 2.75) is 52.1 Å². The van der Waals surface area contributed by atoms with E-state index in [1.807, 2.05) is 0 Å². The van der Waals surface area contributed by atoms with Crippen molar-refractivity contribution in [3.8, 4) is 0 Å². The smallest absolute Gasteiger partial charge is 0.0555 e. The summed E-state index contributed by atoms with van der Waals surface area (Å²) in [5, 5.41) is 9.80. The van der Waals surface area contributed by atoms with E-state index in [9.17, 15) is 5.11 Å². The largest absolute Gasteiger partial charge is 0.393 e. The Bertz CT molecular complexity index is 141. The maximum atomic E-state index is 9.80. The van der Waals surface area contributed by atoms with Gasteiger partial charge in [-0.05, 0) is 31.8 Å². The molecule has 1 aliphatic carbocycles.